The molecule has 4 aromatic rings. The van der Waals surface area contributed by atoms with Crippen LogP contribution < -0.4 is 58.3 Å². The Morgan fingerprint density at radius 2 is 0.787 bits per heavy atom. The zero-order valence-corrected chi connectivity index (χ0v) is 26.7. The van der Waals surface area contributed by atoms with E-state index in [-0.39, 0.29) is 62.1 Å². The second kappa shape index (κ2) is 28.7. The van der Waals surface area contributed by atoms with Crippen LogP contribution in [0, 0.1) is 20.5 Å². The molecule has 0 bridgehead atoms. The molecule has 266 valence electrons. The molecule has 23 heteroatoms. The van der Waals surface area contributed by atoms with Crippen LogP contribution in [0.25, 0.3) is 0 Å². The van der Waals surface area contributed by atoms with Gasteiger partial charge in [-0.3, -0.25) is 10.9 Å². The van der Waals surface area contributed by atoms with Gasteiger partial charge in [-0.25, -0.2) is 47.2 Å². The Bertz CT molecular complexity index is 1260. The van der Waals surface area contributed by atoms with Crippen molar-refractivity contribution in [2.45, 2.75) is 0 Å². The number of hydrogen-bond acceptors (Lipinski definition) is 16. The number of benzene rings is 2. The summed E-state index contributed by atoms with van der Waals surface area (Å²) in [7, 11) is -9.89. The zero-order valence-electron chi connectivity index (χ0n) is 23.3. The molecule has 2 heterocycles. The minimum Gasteiger partial charge on any atom is -0.872 e. The molecule has 0 aliphatic heterocycles. The smallest absolute Gasteiger partial charge is 0.872 e. The second-order valence-corrected chi connectivity index (χ2v) is 8.51. The molecule has 0 unspecified atom stereocenters. The van der Waals surface area contributed by atoms with Crippen molar-refractivity contribution in [1.82, 2.24) is 9.97 Å². The van der Waals surface area contributed by atoms with E-state index in [1.807, 2.05) is 24.3 Å². The first-order valence-corrected chi connectivity index (χ1v) is 13.3. The number of anilines is 2. The van der Waals surface area contributed by atoms with Crippen LogP contribution in [0.2, 0.25) is 0 Å². The van der Waals surface area contributed by atoms with Crippen molar-refractivity contribution in [2.24, 2.45) is 10.2 Å². The van der Waals surface area contributed by atoms with Gasteiger partial charge in [-0.1, -0.05) is 72.2 Å². The quantitative estimate of drug-likeness (QED) is 0.0791. The summed E-state index contributed by atoms with van der Waals surface area (Å²) >= 11 is 0. The Morgan fingerprint density at radius 1 is 0.511 bits per heavy atom. The van der Waals surface area contributed by atoms with Gasteiger partial charge < -0.3 is 26.6 Å². The van der Waals surface area contributed by atoms with E-state index in [0.717, 1.165) is 0 Å². The molecule has 0 aliphatic rings. The molecule has 0 atom stereocenters. The molecule has 0 saturated heterocycles. The van der Waals surface area contributed by atoms with Gasteiger partial charge in [-0.15, -0.1) is 20.5 Å². The standard InChI is InChI=1S/2C12H11N3O.2ClHO4.2Cu.3H2O/c2*16-11-6-2-1-5-10(11)9-14-15-12-7-3-4-8-13-12;2*2-1(3,4)5;;;;;/h2*1-9,16H,(H,13,15);2*(H,2,3,4,5);;;3*1H2/q;;;;2*+2;;;/p-2/b2*14-9+;;;;;;;. The number of nitrogens with one attached hydrogen (secondary N) is 2. The Kier molecular flexibility index (Phi) is 32.3. The zero-order chi connectivity index (χ0) is 31.4. The fourth-order valence-electron chi connectivity index (χ4n) is 2.37. The van der Waals surface area contributed by atoms with Gasteiger partial charge in [0.2, 0.25) is 0 Å². The van der Waals surface area contributed by atoms with E-state index in [4.69, 9.17) is 37.3 Å². The number of hydrazone groups is 2. The molecule has 0 saturated carbocycles. The Balaban J connectivity index is -0.000000180. The SMILES string of the molecule is O.[Cu+2].[Cu+2].[O-][Cl+3]([O-])([O-])[O-].[O-][Cl+3]([O-])([O-])[O-].[O-]c1ccccc1/C=N/Nc1ccccn1.[O-]c1ccccc1/C=N/Nc1ccccn1.[OH3+].[OH3+]. The van der Waals surface area contributed by atoms with E-state index >= 15 is 0 Å². The van der Waals surface area contributed by atoms with Crippen molar-refractivity contribution < 1.29 is 119 Å². The molecule has 0 amide bonds. The molecular formula is C24H28Cl2Cu2N6O13+2. The molecule has 2 aromatic carbocycles. The van der Waals surface area contributed by atoms with Crippen molar-refractivity contribution in [1.29, 1.82) is 0 Å². The van der Waals surface area contributed by atoms with Gasteiger partial charge in [0.05, 0.1) is 12.4 Å². The van der Waals surface area contributed by atoms with Crippen LogP contribution in [-0.4, -0.2) is 27.9 Å². The summed E-state index contributed by atoms with van der Waals surface area (Å²) in [5.74, 6) is 1.19. The molecule has 47 heavy (non-hydrogen) atoms. The molecular weight excluding hydrogens is 778 g/mol. The topological polar surface area (TPSA) is 403 Å². The van der Waals surface area contributed by atoms with E-state index in [9.17, 15) is 10.2 Å². The van der Waals surface area contributed by atoms with Crippen LogP contribution in [0.1, 0.15) is 11.1 Å². The predicted octanol–water partition coefficient (Wildman–Crippen LogP) is -8.98. The third-order valence-corrected chi connectivity index (χ3v) is 3.93. The molecule has 10 N–H and O–H groups in total. The summed E-state index contributed by atoms with van der Waals surface area (Å²) in [6.07, 6.45) is 6.30. The molecule has 0 fully saturated rings. The van der Waals surface area contributed by atoms with Gasteiger partial charge in [0.15, 0.2) is 0 Å². The van der Waals surface area contributed by atoms with Crippen LogP contribution in [0.5, 0.6) is 11.5 Å². The van der Waals surface area contributed by atoms with Gasteiger partial charge in [-0.2, -0.15) is 10.2 Å². The molecule has 2 radical (unpaired) electrons. The van der Waals surface area contributed by atoms with Crippen molar-refractivity contribution >= 4 is 24.1 Å². The summed E-state index contributed by atoms with van der Waals surface area (Å²) in [5, 5.41) is 30.5. The van der Waals surface area contributed by atoms with E-state index in [0.29, 0.717) is 22.8 Å². The monoisotopic (exact) mass is 804 g/mol. The number of halogens is 2. The average Bonchev–Trinajstić information content (AvgIpc) is 2.91. The van der Waals surface area contributed by atoms with Gasteiger partial charge in [-0.05, 0) is 35.4 Å². The number of aromatic nitrogens is 2. The van der Waals surface area contributed by atoms with E-state index < -0.39 is 20.5 Å². The van der Waals surface area contributed by atoms with E-state index in [1.165, 1.54) is 24.6 Å². The van der Waals surface area contributed by atoms with Gasteiger partial charge >= 0.3 is 34.1 Å². The summed E-state index contributed by atoms with van der Waals surface area (Å²) in [4.78, 5) is 8.06. The maximum atomic E-state index is 11.3. The maximum absolute atomic E-state index is 11.3. The van der Waals surface area contributed by atoms with Crippen LogP contribution in [0.15, 0.2) is 108 Å². The molecule has 0 aliphatic carbocycles. The number of nitrogens with zero attached hydrogens (tertiary/aromatic N) is 4. The van der Waals surface area contributed by atoms with Crippen molar-refractivity contribution in [3.05, 3.63) is 108 Å². The molecule has 4 rings (SSSR count). The van der Waals surface area contributed by atoms with E-state index in [1.54, 1.807) is 60.9 Å². The Morgan fingerprint density at radius 3 is 1.04 bits per heavy atom. The minimum atomic E-state index is -4.94. The molecule has 19 nitrogen and oxygen atoms in total. The van der Waals surface area contributed by atoms with Gasteiger partial charge in [0.1, 0.15) is 11.6 Å². The van der Waals surface area contributed by atoms with Gasteiger partial charge in [0, 0.05) is 12.4 Å². The Labute approximate surface area is 292 Å². The minimum absolute atomic E-state index is 0. The number of hydrogen-bond donors (Lipinski definition) is 2. The first-order chi connectivity index (χ1) is 19.7. The average molecular weight is 807 g/mol. The van der Waals surface area contributed by atoms with Crippen LogP contribution in [-0.2, 0) is 45.1 Å². The van der Waals surface area contributed by atoms with Crippen LogP contribution >= 0.6 is 0 Å². The third kappa shape index (κ3) is 32.2. The molecule has 0 spiro atoms. The summed E-state index contributed by atoms with van der Waals surface area (Å²) in [5.41, 5.74) is 6.57. The first kappa shape index (κ1) is 53.0. The van der Waals surface area contributed by atoms with E-state index in [2.05, 4.69) is 31.0 Å². The first-order valence-electron chi connectivity index (χ1n) is 10.9. The second-order valence-electron chi connectivity index (χ2n) is 7.00. The normalized spacial score (nSPS) is 9.70. The Hall–Kier alpha value is -3.54. The van der Waals surface area contributed by atoms with Crippen molar-refractivity contribution in [2.75, 3.05) is 10.9 Å². The number of para-hydroxylation sites is 2. The van der Waals surface area contributed by atoms with Crippen molar-refractivity contribution in [3.63, 3.8) is 0 Å². The fourth-order valence-corrected chi connectivity index (χ4v) is 2.37. The van der Waals surface area contributed by atoms with Crippen molar-refractivity contribution in [3.8, 4) is 11.5 Å². The summed E-state index contributed by atoms with van der Waals surface area (Å²) < 4.78 is 67.9. The third-order valence-electron chi connectivity index (χ3n) is 3.93. The predicted molar refractivity (Wildman–Crippen MR) is 136 cm³/mol. The molecule has 2 aromatic heterocycles. The number of pyridine rings is 2. The van der Waals surface area contributed by atoms with Gasteiger partial charge in [0.25, 0.3) is 0 Å². The number of rotatable bonds is 6. The fraction of sp³-hybridized carbons (Fsp3) is 0. The maximum Gasteiger partial charge on any atom is 2.00 e. The largest absolute Gasteiger partial charge is 2.00 e. The summed E-state index contributed by atoms with van der Waals surface area (Å²) in [6, 6.07) is 24.4. The summed E-state index contributed by atoms with van der Waals surface area (Å²) in [6.45, 7) is 0. The van der Waals surface area contributed by atoms with Crippen LogP contribution in [0.4, 0.5) is 11.6 Å². The van der Waals surface area contributed by atoms with Crippen LogP contribution in [0.3, 0.4) is 0 Å².